The van der Waals surface area contributed by atoms with E-state index in [-0.39, 0.29) is 54.4 Å². The first-order chi connectivity index (χ1) is 21.1. The second-order valence-electron chi connectivity index (χ2n) is 12.3. The quantitative estimate of drug-likeness (QED) is 0.386. The van der Waals surface area contributed by atoms with Crippen LogP contribution in [-0.4, -0.2) is 78.3 Å². The molecule has 12 heteroatoms. The molecule has 1 unspecified atom stereocenters. The van der Waals surface area contributed by atoms with Gasteiger partial charge in [-0.3, -0.25) is 19.4 Å². The third kappa shape index (κ3) is 3.95. The van der Waals surface area contributed by atoms with Crippen molar-refractivity contribution in [3.63, 3.8) is 0 Å². The second kappa shape index (κ2) is 10.5. The van der Waals surface area contributed by atoms with Crippen LogP contribution in [0.15, 0.2) is 6.07 Å². The van der Waals surface area contributed by atoms with Crippen molar-refractivity contribution >= 4 is 23.7 Å². The Labute approximate surface area is 259 Å². The van der Waals surface area contributed by atoms with Gasteiger partial charge in [0.05, 0.1) is 36.4 Å². The Morgan fingerprint density at radius 1 is 1.16 bits per heavy atom. The maximum atomic E-state index is 13.1. The van der Waals surface area contributed by atoms with E-state index < -0.39 is 18.1 Å². The summed E-state index contributed by atoms with van der Waals surface area (Å²) in [4.78, 5) is 30.0. The summed E-state index contributed by atoms with van der Waals surface area (Å²) < 4.78 is 29.6. The molecule has 0 aliphatic carbocycles. The molecule has 2 aromatic rings. The molecule has 0 radical (unpaired) electrons. The van der Waals surface area contributed by atoms with E-state index >= 15 is 0 Å². The standard InChI is InChI=1S/C32H35N3O8S/c1-13-7-17-8-18-19(9-33)35-20-10-40-32(38)14(2)11-44-31(25(35)24(34(18)5)21(17)26(37)27(13)39-6)23-22(20)30-29(41-12-42-30)15(3)28(23)43-16(4)36/h7,14,18-20,24-25,31,37H,8,10-12H2,1-6H3/t14-,18+,19-,20-,24-,25?,31+/m0/s1. The number of rotatable bonds is 2. The molecule has 5 heterocycles. The number of nitriles is 1. The molecule has 7 rings (SSSR count). The van der Waals surface area contributed by atoms with Crippen LogP contribution in [0.2, 0.25) is 0 Å². The first-order valence-electron chi connectivity index (χ1n) is 14.8. The summed E-state index contributed by atoms with van der Waals surface area (Å²) in [5.41, 5.74) is 4.70. The van der Waals surface area contributed by atoms with E-state index in [2.05, 4.69) is 21.9 Å². The van der Waals surface area contributed by atoms with Gasteiger partial charge in [0.1, 0.15) is 18.4 Å². The van der Waals surface area contributed by atoms with Crippen LogP contribution in [0.25, 0.3) is 0 Å². The highest BCUT2D eigenvalue weighted by Crippen LogP contribution is 2.64. The third-order valence-corrected chi connectivity index (χ3v) is 11.4. The van der Waals surface area contributed by atoms with E-state index in [1.165, 1.54) is 6.92 Å². The Morgan fingerprint density at radius 3 is 2.61 bits per heavy atom. The van der Waals surface area contributed by atoms with Crippen molar-refractivity contribution in [3.05, 3.63) is 39.4 Å². The maximum Gasteiger partial charge on any atom is 0.309 e. The molecule has 1 N–H and O–H groups in total. The largest absolute Gasteiger partial charge is 0.504 e. The average molecular weight is 622 g/mol. The van der Waals surface area contributed by atoms with Gasteiger partial charge in [-0.25, -0.2) is 0 Å². The number of phenols is 1. The zero-order chi connectivity index (χ0) is 31.2. The number of phenolic OH excluding ortho intramolecular Hbond substituents is 1. The Hall–Kier alpha value is -3.66. The minimum atomic E-state index is -0.606. The third-order valence-electron chi connectivity index (χ3n) is 9.86. The van der Waals surface area contributed by atoms with Crippen LogP contribution in [-0.2, 0) is 20.7 Å². The molecule has 5 aliphatic rings. The van der Waals surface area contributed by atoms with Crippen LogP contribution in [0.1, 0.15) is 64.6 Å². The molecule has 11 nitrogen and oxygen atoms in total. The number of hydrogen-bond donors (Lipinski definition) is 1. The molecule has 44 heavy (non-hydrogen) atoms. The highest BCUT2D eigenvalue weighted by atomic mass is 32.2. The monoisotopic (exact) mass is 621 g/mol. The second-order valence-corrected chi connectivity index (χ2v) is 13.5. The fraction of sp³-hybridized carbons (Fsp3) is 0.531. The fourth-order valence-electron chi connectivity index (χ4n) is 8.06. The lowest BCUT2D eigenvalue weighted by molar-refractivity contribution is -0.153. The van der Waals surface area contributed by atoms with E-state index in [0.717, 1.165) is 22.3 Å². The Kier molecular flexibility index (Phi) is 6.91. The van der Waals surface area contributed by atoms with Crippen LogP contribution in [0.5, 0.6) is 28.7 Å². The van der Waals surface area contributed by atoms with Crippen LogP contribution < -0.4 is 18.9 Å². The van der Waals surface area contributed by atoms with Crippen molar-refractivity contribution in [2.24, 2.45) is 5.92 Å². The molecule has 2 aromatic carbocycles. The number of aryl methyl sites for hydroxylation is 1. The lowest BCUT2D eigenvalue weighted by atomic mass is 9.71. The molecule has 0 saturated carbocycles. The number of methoxy groups -OCH3 is 1. The summed E-state index contributed by atoms with van der Waals surface area (Å²) in [5, 5.41) is 22.2. The number of fused-ring (bicyclic) bond motifs is 9. The van der Waals surface area contributed by atoms with E-state index in [4.69, 9.17) is 23.7 Å². The van der Waals surface area contributed by atoms with E-state index in [1.807, 2.05) is 27.8 Å². The van der Waals surface area contributed by atoms with Gasteiger partial charge in [0, 0.05) is 47.0 Å². The molecule has 232 valence electrons. The zero-order valence-electron chi connectivity index (χ0n) is 25.5. The molecule has 0 amide bonds. The van der Waals surface area contributed by atoms with Gasteiger partial charge in [-0.05, 0) is 38.4 Å². The lowest BCUT2D eigenvalue weighted by Crippen LogP contribution is -2.69. The number of likely N-dealkylation sites (N-methyl/N-ethyl adjacent to an activating group) is 1. The Bertz CT molecular complexity index is 1640. The normalized spacial score (nSPS) is 30.4. The molecule has 7 atom stereocenters. The van der Waals surface area contributed by atoms with Gasteiger partial charge in [-0.2, -0.15) is 17.0 Å². The number of nitrogens with zero attached hydrogens (tertiary/aromatic N) is 3. The number of carbonyl (C=O) groups is 2. The van der Waals surface area contributed by atoms with Gasteiger partial charge >= 0.3 is 11.9 Å². The minimum absolute atomic E-state index is 0.00697. The van der Waals surface area contributed by atoms with Crippen molar-refractivity contribution in [3.8, 4) is 34.8 Å². The smallest absolute Gasteiger partial charge is 0.309 e. The molecule has 5 aliphatic heterocycles. The summed E-state index contributed by atoms with van der Waals surface area (Å²) in [6.07, 6.45) is 0.542. The average Bonchev–Trinajstić information content (AvgIpc) is 3.47. The predicted molar refractivity (Wildman–Crippen MR) is 159 cm³/mol. The van der Waals surface area contributed by atoms with Crippen molar-refractivity contribution in [2.75, 3.05) is 33.3 Å². The van der Waals surface area contributed by atoms with Crippen molar-refractivity contribution < 1.29 is 38.4 Å². The van der Waals surface area contributed by atoms with Gasteiger partial charge in [-0.1, -0.05) is 13.0 Å². The summed E-state index contributed by atoms with van der Waals surface area (Å²) >= 11 is 1.57. The lowest BCUT2D eigenvalue weighted by Gasteiger charge is -2.61. The number of thioether (sulfide) groups is 1. The van der Waals surface area contributed by atoms with Crippen LogP contribution in [0, 0.1) is 31.1 Å². The summed E-state index contributed by atoms with van der Waals surface area (Å²) in [6.45, 7) is 6.93. The van der Waals surface area contributed by atoms with Crippen molar-refractivity contribution in [1.29, 1.82) is 5.26 Å². The van der Waals surface area contributed by atoms with Gasteiger partial charge in [0.2, 0.25) is 6.79 Å². The molecule has 2 saturated heterocycles. The van der Waals surface area contributed by atoms with E-state index in [9.17, 15) is 20.0 Å². The topological polar surface area (TPSA) is 131 Å². The predicted octanol–water partition coefficient (Wildman–Crippen LogP) is 3.87. The van der Waals surface area contributed by atoms with E-state index in [0.29, 0.717) is 46.3 Å². The zero-order valence-corrected chi connectivity index (χ0v) is 26.3. The molecule has 4 bridgehead atoms. The Balaban J connectivity index is 1.56. The van der Waals surface area contributed by atoms with Crippen molar-refractivity contribution in [2.45, 2.75) is 69.6 Å². The summed E-state index contributed by atoms with van der Waals surface area (Å²) in [7, 11) is 3.55. The number of carbonyl (C=O) groups excluding carboxylic acids is 2. The summed E-state index contributed by atoms with van der Waals surface area (Å²) in [6, 6.07) is 2.50. The molecular weight excluding hydrogens is 586 g/mol. The molecular formula is C32H35N3O8S. The number of ether oxygens (including phenoxy) is 5. The van der Waals surface area contributed by atoms with Crippen LogP contribution >= 0.6 is 11.8 Å². The number of cyclic esters (lactones) is 1. The first-order valence-corrected chi connectivity index (χ1v) is 15.8. The number of benzene rings is 2. The number of esters is 2. The van der Waals surface area contributed by atoms with Crippen molar-refractivity contribution in [1.82, 2.24) is 9.80 Å². The highest BCUT2D eigenvalue weighted by molar-refractivity contribution is 7.99. The van der Waals surface area contributed by atoms with Gasteiger partial charge in [0.15, 0.2) is 23.0 Å². The number of piperazine rings is 1. The fourth-order valence-corrected chi connectivity index (χ4v) is 9.58. The summed E-state index contributed by atoms with van der Waals surface area (Å²) in [5.74, 6) is 1.17. The van der Waals surface area contributed by atoms with Gasteiger partial charge in [0.25, 0.3) is 0 Å². The van der Waals surface area contributed by atoms with E-state index in [1.54, 1.807) is 18.9 Å². The SMILES string of the molecule is COc1c(C)cc2c(c1O)[C@H]1C3[C@@H]4SC[C@H](C)C(=O)OC[C@@H](c5c6c(c(C)c(OC(C)=O)c54)OCO6)N3[C@@H](C#N)[C@@H](C2)N1C. The maximum absolute atomic E-state index is 13.1. The first kappa shape index (κ1) is 29.1. The van der Waals surface area contributed by atoms with Crippen LogP contribution in [0.4, 0.5) is 0 Å². The number of hydrogen-bond acceptors (Lipinski definition) is 12. The van der Waals surface area contributed by atoms with Gasteiger partial charge in [-0.15, -0.1) is 0 Å². The number of aromatic hydroxyl groups is 1. The molecule has 2 fully saturated rings. The minimum Gasteiger partial charge on any atom is -0.504 e. The van der Waals surface area contributed by atoms with Gasteiger partial charge < -0.3 is 28.8 Å². The highest BCUT2D eigenvalue weighted by Gasteiger charge is 2.60. The molecule has 0 aromatic heterocycles. The van der Waals surface area contributed by atoms with Crippen LogP contribution in [0.3, 0.4) is 0 Å². The molecule has 0 spiro atoms. The Morgan fingerprint density at radius 2 is 1.91 bits per heavy atom.